The second kappa shape index (κ2) is 8.28. The van der Waals surface area contributed by atoms with E-state index in [1.165, 1.54) is 0 Å². The van der Waals surface area contributed by atoms with Crippen molar-refractivity contribution in [3.05, 3.63) is 24.4 Å². The van der Waals surface area contributed by atoms with Crippen LogP contribution < -0.4 is 0 Å². The Balaban J connectivity index is 4.47. The number of hydrogen-bond donors (Lipinski definition) is 0. The molecule has 1 unspecified atom stereocenters. The lowest BCUT2D eigenvalue weighted by molar-refractivity contribution is 0.642. The van der Waals surface area contributed by atoms with Gasteiger partial charge in [0.05, 0.1) is 5.70 Å². The van der Waals surface area contributed by atoms with E-state index in [1.54, 1.807) is 11.4 Å². The van der Waals surface area contributed by atoms with Gasteiger partial charge in [-0.2, -0.15) is 0 Å². The molecular weight excluding hydrogens is 220 g/mol. The Morgan fingerprint density at radius 1 is 1.50 bits per heavy atom. The van der Waals surface area contributed by atoms with Crippen LogP contribution in [0.15, 0.2) is 29.4 Å². The summed E-state index contributed by atoms with van der Waals surface area (Å²) in [5, 5.41) is 0. The smallest absolute Gasteiger partial charge is 0.120 e. The summed E-state index contributed by atoms with van der Waals surface area (Å²) in [6.07, 6.45) is 5.74. The van der Waals surface area contributed by atoms with Crippen molar-refractivity contribution in [3.63, 3.8) is 0 Å². The summed E-state index contributed by atoms with van der Waals surface area (Å²) in [7, 11) is 0.813. The largest absolute Gasteiger partial charge is 0.283 e. The van der Waals surface area contributed by atoms with Crippen molar-refractivity contribution in [1.29, 1.82) is 0 Å². The molecule has 1 atom stereocenters. The molecular formula is C12H22N2OS. The highest BCUT2D eigenvalue weighted by molar-refractivity contribution is 7.83. The fraction of sp³-hybridized carbons (Fsp3) is 0.583. The maximum atomic E-state index is 11.7. The summed E-state index contributed by atoms with van der Waals surface area (Å²) >= 11 is 0. The standard InChI is InChI=1S/C12H22N2OS/c1-6-8-9-11(3)13-12(4)14(5)16(15)10-7-2/h8-9H,3,6-7,10H2,1-2,4-5H3/b9-8-,13-12?. The highest BCUT2D eigenvalue weighted by Crippen LogP contribution is 2.02. The molecule has 4 heteroatoms. The van der Waals surface area contributed by atoms with Crippen LogP contribution in [0.25, 0.3) is 0 Å². The van der Waals surface area contributed by atoms with Gasteiger partial charge >= 0.3 is 0 Å². The van der Waals surface area contributed by atoms with E-state index in [1.807, 2.05) is 26.0 Å². The zero-order valence-electron chi connectivity index (χ0n) is 10.7. The van der Waals surface area contributed by atoms with Gasteiger partial charge in [-0.1, -0.05) is 26.5 Å². The minimum absolute atomic E-state index is 0.667. The van der Waals surface area contributed by atoms with Crippen LogP contribution in [0.3, 0.4) is 0 Å². The predicted molar refractivity (Wildman–Crippen MR) is 72.7 cm³/mol. The lowest BCUT2D eigenvalue weighted by Gasteiger charge is -2.16. The highest BCUT2D eigenvalue weighted by atomic mass is 32.2. The van der Waals surface area contributed by atoms with E-state index in [9.17, 15) is 4.21 Å². The van der Waals surface area contributed by atoms with Crippen molar-refractivity contribution < 1.29 is 4.21 Å². The molecule has 0 aromatic carbocycles. The van der Waals surface area contributed by atoms with E-state index >= 15 is 0 Å². The van der Waals surface area contributed by atoms with E-state index in [-0.39, 0.29) is 0 Å². The summed E-state index contributed by atoms with van der Waals surface area (Å²) in [5.74, 6) is 1.40. The SMILES string of the molecule is C=C(/C=C\CC)N=C(C)N(C)S(=O)CCC. The van der Waals surface area contributed by atoms with Gasteiger partial charge in [0.15, 0.2) is 0 Å². The normalized spacial score (nSPS) is 14.1. The van der Waals surface area contributed by atoms with Gasteiger partial charge < -0.3 is 0 Å². The third kappa shape index (κ3) is 5.85. The van der Waals surface area contributed by atoms with Gasteiger partial charge in [-0.05, 0) is 25.8 Å². The molecule has 92 valence electrons. The number of rotatable bonds is 6. The molecule has 0 N–H and O–H groups in total. The maximum absolute atomic E-state index is 11.7. The molecule has 0 aliphatic rings. The van der Waals surface area contributed by atoms with E-state index in [2.05, 4.69) is 18.5 Å². The van der Waals surface area contributed by atoms with Gasteiger partial charge in [0, 0.05) is 12.8 Å². The summed E-state index contributed by atoms with van der Waals surface area (Å²) in [5.41, 5.74) is 0.694. The Hall–Kier alpha value is -0.900. The molecule has 0 radical (unpaired) electrons. The maximum Gasteiger partial charge on any atom is 0.120 e. The van der Waals surface area contributed by atoms with Crippen LogP contribution in [0.1, 0.15) is 33.6 Å². The monoisotopic (exact) mass is 242 g/mol. The Kier molecular flexibility index (Phi) is 7.81. The topological polar surface area (TPSA) is 32.7 Å². The fourth-order valence-electron chi connectivity index (χ4n) is 1.03. The third-order valence-electron chi connectivity index (χ3n) is 1.99. The summed E-state index contributed by atoms with van der Waals surface area (Å²) in [4.78, 5) is 4.29. The molecule has 0 heterocycles. The Morgan fingerprint density at radius 2 is 2.12 bits per heavy atom. The average molecular weight is 242 g/mol. The lowest BCUT2D eigenvalue weighted by Crippen LogP contribution is -2.28. The van der Waals surface area contributed by atoms with Crippen LogP contribution in [-0.4, -0.2) is 27.2 Å². The van der Waals surface area contributed by atoms with E-state index in [0.717, 1.165) is 18.7 Å². The number of hydrogen-bond acceptors (Lipinski definition) is 2. The zero-order valence-corrected chi connectivity index (χ0v) is 11.5. The van der Waals surface area contributed by atoms with Gasteiger partial charge in [-0.25, -0.2) is 9.20 Å². The molecule has 16 heavy (non-hydrogen) atoms. The van der Waals surface area contributed by atoms with Crippen molar-refractivity contribution in [2.45, 2.75) is 33.6 Å². The minimum Gasteiger partial charge on any atom is -0.283 e. The Bertz CT molecular complexity index is 308. The second-order valence-electron chi connectivity index (χ2n) is 3.48. The third-order valence-corrected chi connectivity index (χ3v) is 3.62. The van der Waals surface area contributed by atoms with Crippen LogP contribution >= 0.6 is 0 Å². The van der Waals surface area contributed by atoms with Crippen LogP contribution in [0.5, 0.6) is 0 Å². The number of aliphatic imine (C=N–C) groups is 1. The zero-order chi connectivity index (χ0) is 12.6. The highest BCUT2D eigenvalue weighted by Gasteiger charge is 2.07. The lowest BCUT2D eigenvalue weighted by atomic mass is 10.3. The van der Waals surface area contributed by atoms with Crippen molar-refractivity contribution in [2.24, 2.45) is 4.99 Å². The molecule has 0 fully saturated rings. The van der Waals surface area contributed by atoms with Crippen LogP contribution in [0.4, 0.5) is 0 Å². The van der Waals surface area contributed by atoms with E-state index in [0.29, 0.717) is 11.4 Å². The number of nitrogens with zero attached hydrogens (tertiary/aromatic N) is 2. The van der Waals surface area contributed by atoms with Gasteiger partial charge in [0.1, 0.15) is 16.8 Å². The van der Waals surface area contributed by atoms with Crippen LogP contribution in [0, 0.1) is 0 Å². The molecule has 0 aromatic rings. The van der Waals surface area contributed by atoms with Crippen molar-refractivity contribution in [2.75, 3.05) is 12.8 Å². The van der Waals surface area contributed by atoms with Crippen LogP contribution in [-0.2, 0) is 11.0 Å². The molecule has 0 aliphatic heterocycles. The molecule has 0 aliphatic carbocycles. The molecule has 0 bridgehead atoms. The first-order valence-corrected chi connectivity index (χ1v) is 6.83. The quantitative estimate of drug-likeness (QED) is 0.400. The Labute approximate surface area is 102 Å². The molecule has 0 saturated heterocycles. The number of amidine groups is 1. The Morgan fingerprint density at radius 3 is 2.62 bits per heavy atom. The van der Waals surface area contributed by atoms with Crippen molar-refractivity contribution >= 4 is 16.8 Å². The van der Waals surface area contributed by atoms with Crippen molar-refractivity contribution in [3.8, 4) is 0 Å². The first-order valence-electron chi connectivity index (χ1n) is 5.55. The fourth-order valence-corrected chi connectivity index (χ4v) is 1.99. The molecule has 3 nitrogen and oxygen atoms in total. The van der Waals surface area contributed by atoms with Crippen LogP contribution in [0.2, 0.25) is 0 Å². The van der Waals surface area contributed by atoms with Gasteiger partial charge in [0.25, 0.3) is 0 Å². The molecule has 0 spiro atoms. The predicted octanol–water partition coefficient (Wildman–Crippen LogP) is 2.89. The minimum atomic E-state index is -0.980. The molecule has 0 aromatic heterocycles. The average Bonchev–Trinajstić information content (AvgIpc) is 2.25. The molecule has 0 amide bonds. The van der Waals surface area contributed by atoms with Gasteiger partial charge in [0.2, 0.25) is 0 Å². The van der Waals surface area contributed by atoms with E-state index in [4.69, 9.17) is 0 Å². The van der Waals surface area contributed by atoms with Gasteiger partial charge in [-0.15, -0.1) is 0 Å². The first-order chi connectivity index (χ1) is 7.52. The summed E-state index contributed by atoms with van der Waals surface area (Å²) in [6, 6.07) is 0. The van der Waals surface area contributed by atoms with Gasteiger partial charge in [-0.3, -0.25) is 4.31 Å². The summed E-state index contributed by atoms with van der Waals surface area (Å²) < 4.78 is 13.4. The first kappa shape index (κ1) is 15.1. The summed E-state index contributed by atoms with van der Waals surface area (Å²) in [6.45, 7) is 9.74. The molecule has 0 saturated carbocycles. The number of allylic oxidation sites excluding steroid dienone is 2. The van der Waals surface area contributed by atoms with Crippen molar-refractivity contribution in [1.82, 2.24) is 4.31 Å². The second-order valence-corrected chi connectivity index (χ2v) is 5.08. The van der Waals surface area contributed by atoms with E-state index < -0.39 is 11.0 Å². The molecule has 0 rings (SSSR count).